The molecule has 0 amide bonds. The SMILES string of the molecule is CSc1nc2ccnn2c(/N=C/c2ccccc2)c1C#N. The second-order valence-electron chi connectivity index (χ2n) is 4.20. The van der Waals surface area contributed by atoms with Crippen molar-refractivity contribution in [1.82, 2.24) is 14.6 Å². The Hall–Kier alpha value is -2.65. The molecule has 0 aliphatic heterocycles. The molecule has 0 saturated carbocycles. The summed E-state index contributed by atoms with van der Waals surface area (Å²) in [6.45, 7) is 0. The molecule has 0 unspecified atom stereocenters. The lowest BCUT2D eigenvalue weighted by atomic mass is 10.2. The highest BCUT2D eigenvalue weighted by Crippen LogP contribution is 2.27. The van der Waals surface area contributed by atoms with E-state index in [0.29, 0.717) is 22.1 Å². The highest BCUT2D eigenvalue weighted by Gasteiger charge is 2.14. The number of hydrogen-bond donors (Lipinski definition) is 0. The number of nitriles is 1. The molecule has 0 spiro atoms. The average molecular weight is 293 g/mol. The molecule has 102 valence electrons. The molecule has 0 bridgehead atoms. The van der Waals surface area contributed by atoms with Gasteiger partial charge in [-0.3, -0.25) is 0 Å². The van der Waals surface area contributed by atoms with Crippen LogP contribution in [0.5, 0.6) is 0 Å². The van der Waals surface area contributed by atoms with E-state index in [9.17, 15) is 5.26 Å². The second-order valence-corrected chi connectivity index (χ2v) is 5.00. The van der Waals surface area contributed by atoms with Gasteiger partial charge in [0.1, 0.15) is 16.7 Å². The second kappa shape index (κ2) is 5.77. The molecule has 0 fully saturated rings. The van der Waals surface area contributed by atoms with Crippen molar-refractivity contribution in [3.8, 4) is 6.07 Å². The van der Waals surface area contributed by atoms with Gasteiger partial charge in [0.05, 0.1) is 6.20 Å². The van der Waals surface area contributed by atoms with Gasteiger partial charge in [0.25, 0.3) is 0 Å². The van der Waals surface area contributed by atoms with Gasteiger partial charge >= 0.3 is 0 Å². The largest absolute Gasteiger partial charge is 0.235 e. The molecule has 1 aromatic carbocycles. The Balaban J connectivity index is 2.18. The number of nitrogens with zero attached hydrogens (tertiary/aromatic N) is 5. The Morgan fingerprint density at radius 2 is 2.10 bits per heavy atom. The Morgan fingerprint density at radius 1 is 1.29 bits per heavy atom. The molecule has 5 nitrogen and oxygen atoms in total. The van der Waals surface area contributed by atoms with Crippen LogP contribution in [0.4, 0.5) is 5.82 Å². The smallest absolute Gasteiger partial charge is 0.176 e. The van der Waals surface area contributed by atoms with Gasteiger partial charge in [0, 0.05) is 12.3 Å². The van der Waals surface area contributed by atoms with Crippen molar-refractivity contribution >= 4 is 29.4 Å². The summed E-state index contributed by atoms with van der Waals surface area (Å²) in [5.74, 6) is 0.501. The van der Waals surface area contributed by atoms with E-state index in [1.165, 1.54) is 11.8 Å². The Bertz CT molecular complexity index is 846. The summed E-state index contributed by atoms with van der Waals surface area (Å²) in [4.78, 5) is 8.86. The lowest BCUT2D eigenvalue weighted by Crippen LogP contribution is -1.98. The molecule has 2 aromatic heterocycles. The van der Waals surface area contributed by atoms with Crippen molar-refractivity contribution in [2.45, 2.75) is 5.03 Å². The van der Waals surface area contributed by atoms with E-state index in [0.717, 1.165) is 5.56 Å². The quantitative estimate of drug-likeness (QED) is 0.423. The van der Waals surface area contributed by atoms with Crippen LogP contribution in [0.2, 0.25) is 0 Å². The molecule has 0 aliphatic carbocycles. The lowest BCUT2D eigenvalue weighted by Gasteiger charge is -2.05. The fourth-order valence-electron chi connectivity index (χ4n) is 1.95. The van der Waals surface area contributed by atoms with Gasteiger partial charge in [0.2, 0.25) is 0 Å². The maximum Gasteiger partial charge on any atom is 0.176 e. The maximum atomic E-state index is 9.41. The average Bonchev–Trinajstić information content (AvgIpc) is 3.00. The first-order valence-electron chi connectivity index (χ1n) is 6.24. The summed E-state index contributed by atoms with van der Waals surface area (Å²) < 4.78 is 1.58. The predicted octanol–water partition coefficient (Wildman–Crippen LogP) is 3.07. The van der Waals surface area contributed by atoms with Gasteiger partial charge in [-0.2, -0.15) is 14.9 Å². The van der Waals surface area contributed by atoms with Gasteiger partial charge in [-0.1, -0.05) is 30.3 Å². The monoisotopic (exact) mass is 293 g/mol. The summed E-state index contributed by atoms with van der Waals surface area (Å²) in [6, 6.07) is 13.7. The molecule has 3 rings (SSSR count). The van der Waals surface area contributed by atoms with E-state index in [1.54, 1.807) is 23.0 Å². The van der Waals surface area contributed by atoms with Gasteiger partial charge in [-0.15, -0.1) is 11.8 Å². The fraction of sp³-hybridized carbons (Fsp3) is 0.0667. The van der Waals surface area contributed by atoms with E-state index in [4.69, 9.17) is 0 Å². The minimum Gasteiger partial charge on any atom is -0.235 e. The lowest BCUT2D eigenvalue weighted by molar-refractivity contribution is 0.907. The molecule has 0 radical (unpaired) electrons. The Labute approximate surface area is 126 Å². The highest BCUT2D eigenvalue weighted by molar-refractivity contribution is 7.98. The van der Waals surface area contributed by atoms with Crippen LogP contribution < -0.4 is 0 Å². The normalized spacial score (nSPS) is 11.0. The zero-order valence-electron chi connectivity index (χ0n) is 11.3. The summed E-state index contributed by atoms with van der Waals surface area (Å²) >= 11 is 1.43. The standard InChI is InChI=1S/C15H11N5S/c1-21-15-12(9-16)14(20-13(19-15)7-8-18-20)17-10-11-5-3-2-4-6-11/h2-8,10H,1H3/b17-10+. The number of benzene rings is 1. The van der Waals surface area contributed by atoms with Crippen LogP contribution in [0.25, 0.3) is 5.65 Å². The molecular formula is C15H11N5S. The molecule has 2 heterocycles. The van der Waals surface area contributed by atoms with Gasteiger partial charge in [0.15, 0.2) is 11.5 Å². The first kappa shape index (κ1) is 13.3. The van der Waals surface area contributed by atoms with Crippen molar-refractivity contribution in [3.63, 3.8) is 0 Å². The minimum absolute atomic E-state index is 0.436. The third kappa shape index (κ3) is 2.51. The van der Waals surface area contributed by atoms with Gasteiger partial charge < -0.3 is 0 Å². The zero-order chi connectivity index (χ0) is 14.7. The van der Waals surface area contributed by atoms with Gasteiger partial charge in [-0.25, -0.2) is 9.98 Å². The van der Waals surface area contributed by atoms with Crippen LogP contribution >= 0.6 is 11.8 Å². The van der Waals surface area contributed by atoms with Crippen LogP contribution in [0.1, 0.15) is 11.1 Å². The third-order valence-corrected chi connectivity index (χ3v) is 3.60. The van der Waals surface area contributed by atoms with Crippen LogP contribution in [0.15, 0.2) is 52.6 Å². The summed E-state index contributed by atoms with van der Waals surface area (Å²) in [5, 5.41) is 14.3. The van der Waals surface area contributed by atoms with Crippen LogP contribution in [0, 0.1) is 11.3 Å². The van der Waals surface area contributed by atoms with Crippen molar-refractivity contribution in [3.05, 3.63) is 53.7 Å². The molecule has 6 heteroatoms. The summed E-state index contributed by atoms with van der Waals surface area (Å²) in [5.41, 5.74) is 2.08. The van der Waals surface area contributed by atoms with Crippen LogP contribution in [0.3, 0.4) is 0 Å². The molecular weight excluding hydrogens is 282 g/mol. The van der Waals surface area contributed by atoms with Crippen molar-refractivity contribution in [1.29, 1.82) is 5.26 Å². The van der Waals surface area contributed by atoms with Gasteiger partial charge in [-0.05, 0) is 11.8 Å². The predicted molar refractivity (Wildman–Crippen MR) is 83.2 cm³/mol. The van der Waals surface area contributed by atoms with E-state index < -0.39 is 0 Å². The van der Waals surface area contributed by atoms with Crippen molar-refractivity contribution in [2.75, 3.05) is 6.26 Å². The molecule has 0 N–H and O–H groups in total. The maximum absolute atomic E-state index is 9.41. The minimum atomic E-state index is 0.436. The van der Waals surface area contributed by atoms with E-state index in [1.807, 2.05) is 36.6 Å². The number of fused-ring (bicyclic) bond motifs is 1. The topological polar surface area (TPSA) is 66.3 Å². The van der Waals surface area contributed by atoms with E-state index in [2.05, 4.69) is 21.1 Å². The first-order valence-corrected chi connectivity index (χ1v) is 7.47. The molecule has 0 saturated heterocycles. The first-order chi connectivity index (χ1) is 10.3. The number of thioether (sulfide) groups is 1. The Kier molecular flexibility index (Phi) is 3.67. The number of aliphatic imine (C=N–C) groups is 1. The molecule has 0 atom stereocenters. The summed E-state index contributed by atoms with van der Waals surface area (Å²) in [7, 11) is 0. The van der Waals surface area contributed by atoms with Crippen molar-refractivity contribution in [2.24, 2.45) is 4.99 Å². The number of rotatable bonds is 3. The zero-order valence-corrected chi connectivity index (χ0v) is 12.1. The molecule has 21 heavy (non-hydrogen) atoms. The van der Waals surface area contributed by atoms with E-state index >= 15 is 0 Å². The highest BCUT2D eigenvalue weighted by atomic mass is 32.2. The van der Waals surface area contributed by atoms with Crippen LogP contribution in [-0.2, 0) is 0 Å². The van der Waals surface area contributed by atoms with Crippen LogP contribution in [-0.4, -0.2) is 27.1 Å². The Morgan fingerprint density at radius 3 is 2.81 bits per heavy atom. The number of hydrogen-bond acceptors (Lipinski definition) is 5. The number of aromatic nitrogens is 3. The molecule has 0 aliphatic rings. The van der Waals surface area contributed by atoms with E-state index in [-0.39, 0.29) is 0 Å². The molecule has 3 aromatic rings. The summed E-state index contributed by atoms with van der Waals surface area (Å²) in [6.07, 6.45) is 5.26. The fourth-order valence-corrected chi connectivity index (χ4v) is 2.47. The third-order valence-electron chi connectivity index (χ3n) is 2.92. The van der Waals surface area contributed by atoms with Crippen molar-refractivity contribution < 1.29 is 0 Å².